The van der Waals surface area contributed by atoms with E-state index in [2.05, 4.69) is 55.8 Å². The van der Waals surface area contributed by atoms with Crippen molar-refractivity contribution in [1.29, 1.82) is 0 Å². The number of guanidine groups is 1. The van der Waals surface area contributed by atoms with Crippen LogP contribution in [0.3, 0.4) is 0 Å². The zero-order valence-corrected chi connectivity index (χ0v) is 20.5. The van der Waals surface area contributed by atoms with E-state index < -0.39 is 0 Å². The summed E-state index contributed by atoms with van der Waals surface area (Å²) in [5.74, 6) is 1.32. The minimum absolute atomic E-state index is 0. The van der Waals surface area contributed by atoms with Crippen molar-refractivity contribution >= 4 is 51.8 Å². The Labute approximate surface area is 198 Å². The van der Waals surface area contributed by atoms with Gasteiger partial charge in [0.25, 0.3) is 0 Å². The van der Waals surface area contributed by atoms with Crippen LogP contribution in [-0.2, 0) is 17.8 Å². The van der Waals surface area contributed by atoms with Crippen molar-refractivity contribution < 1.29 is 4.79 Å². The summed E-state index contributed by atoms with van der Waals surface area (Å²) < 4.78 is 1.06. The lowest BCUT2D eigenvalue weighted by molar-refractivity contribution is -0.127. The molecule has 1 fully saturated rings. The highest BCUT2D eigenvalue weighted by atomic mass is 127. The molecular weight excluding hydrogens is 543 g/mol. The van der Waals surface area contributed by atoms with Crippen LogP contribution in [0.4, 0.5) is 0 Å². The molecule has 0 spiro atoms. The van der Waals surface area contributed by atoms with Crippen LogP contribution in [0.25, 0.3) is 0 Å². The van der Waals surface area contributed by atoms with Gasteiger partial charge < -0.3 is 15.5 Å². The smallest absolute Gasteiger partial charge is 0.223 e. The van der Waals surface area contributed by atoms with Crippen molar-refractivity contribution in [3.63, 3.8) is 0 Å². The van der Waals surface area contributed by atoms with Crippen molar-refractivity contribution in [2.24, 2.45) is 10.9 Å². The Morgan fingerprint density at radius 2 is 1.90 bits per heavy atom. The van der Waals surface area contributed by atoms with E-state index >= 15 is 0 Å². The number of hydrogen-bond acceptors (Lipinski definition) is 2. The first-order chi connectivity index (χ1) is 13.6. The summed E-state index contributed by atoms with van der Waals surface area (Å²) in [6, 6.07) is 18.5. The molecule has 0 radical (unpaired) electrons. The maximum Gasteiger partial charge on any atom is 0.223 e. The lowest BCUT2D eigenvalue weighted by Gasteiger charge is -2.18. The number of carbonyl (C=O) groups is 1. The number of nitrogens with zero attached hydrogens (tertiary/aromatic N) is 2. The molecule has 29 heavy (non-hydrogen) atoms. The highest BCUT2D eigenvalue weighted by Crippen LogP contribution is 2.17. The number of hydrogen-bond donors (Lipinski definition) is 2. The Balaban J connectivity index is 0.00000300. The van der Waals surface area contributed by atoms with Gasteiger partial charge in [0.05, 0.1) is 0 Å². The summed E-state index contributed by atoms with van der Waals surface area (Å²) >= 11 is 3.49. The van der Waals surface area contributed by atoms with Crippen LogP contribution >= 0.6 is 39.9 Å². The Morgan fingerprint density at radius 3 is 2.62 bits per heavy atom. The molecule has 2 aromatic carbocycles. The van der Waals surface area contributed by atoms with Crippen LogP contribution in [0.15, 0.2) is 64.1 Å². The van der Waals surface area contributed by atoms with Crippen LogP contribution in [0, 0.1) is 5.92 Å². The van der Waals surface area contributed by atoms with E-state index in [0.717, 1.165) is 36.5 Å². The summed E-state index contributed by atoms with van der Waals surface area (Å²) in [6.07, 6.45) is 1.51. The van der Waals surface area contributed by atoms with Crippen LogP contribution in [0.1, 0.15) is 17.5 Å². The van der Waals surface area contributed by atoms with Gasteiger partial charge in [0.2, 0.25) is 5.91 Å². The zero-order valence-electron chi connectivity index (χ0n) is 16.6. The number of nitrogens with one attached hydrogen (secondary N) is 2. The monoisotopic (exact) mass is 570 g/mol. The van der Waals surface area contributed by atoms with Gasteiger partial charge in [-0.1, -0.05) is 58.4 Å². The molecule has 5 nitrogen and oxygen atoms in total. The second-order valence-electron chi connectivity index (χ2n) is 7.08. The van der Waals surface area contributed by atoms with Crippen LogP contribution in [-0.4, -0.2) is 43.4 Å². The van der Waals surface area contributed by atoms with Gasteiger partial charge in [-0.2, -0.15) is 0 Å². The molecule has 0 aromatic heterocycles. The van der Waals surface area contributed by atoms with Gasteiger partial charge in [-0.15, -0.1) is 24.0 Å². The van der Waals surface area contributed by atoms with Crippen molar-refractivity contribution in [1.82, 2.24) is 15.5 Å². The molecule has 0 saturated carbocycles. The highest BCUT2D eigenvalue weighted by molar-refractivity contribution is 14.0. The van der Waals surface area contributed by atoms with E-state index in [1.165, 1.54) is 11.1 Å². The number of carbonyl (C=O) groups excluding carboxylic acids is 1. The molecule has 2 aromatic rings. The van der Waals surface area contributed by atoms with Gasteiger partial charge in [0.1, 0.15) is 0 Å². The molecule has 3 rings (SSSR count). The Kier molecular flexibility index (Phi) is 9.93. The molecule has 1 saturated heterocycles. The van der Waals surface area contributed by atoms with Gasteiger partial charge in [0, 0.05) is 50.0 Å². The van der Waals surface area contributed by atoms with E-state index in [0.29, 0.717) is 18.9 Å². The average molecular weight is 571 g/mol. The van der Waals surface area contributed by atoms with Crippen molar-refractivity contribution in [2.75, 3.05) is 26.7 Å². The SMILES string of the molecule is CN=C(NCc1cccc(Br)c1)NCC1CC(=O)N(CCc2ccccc2)C1.I. The predicted octanol–water partition coefficient (Wildman–Crippen LogP) is 3.82. The summed E-state index contributed by atoms with van der Waals surface area (Å²) in [4.78, 5) is 18.6. The maximum absolute atomic E-state index is 12.3. The number of rotatable bonds is 7. The minimum atomic E-state index is 0. The third kappa shape index (κ3) is 7.62. The van der Waals surface area contributed by atoms with E-state index in [1.54, 1.807) is 7.05 Å². The van der Waals surface area contributed by atoms with Crippen LogP contribution < -0.4 is 10.6 Å². The molecule has 156 valence electrons. The summed E-state index contributed by atoms with van der Waals surface area (Å²) in [5, 5.41) is 6.68. The first kappa shape index (κ1) is 23.7. The fourth-order valence-corrected chi connectivity index (χ4v) is 3.86. The summed E-state index contributed by atoms with van der Waals surface area (Å²) in [5.41, 5.74) is 2.45. The van der Waals surface area contributed by atoms with Crippen LogP contribution in [0.5, 0.6) is 0 Å². The molecule has 1 amide bonds. The third-order valence-corrected chi connectivity index (χ3v) is 5.43. The maximum atomic E-state index is 12.3. The van der Waals surface area contributed by atoms with Gasteiger partial charge in [-0.05, 0) is 29.7 Å². The molecule has 2 N–H and O–H groups in total. The molecule has 1 atom stereocenters. The second-order valence-corrected chi connectivity index (χ2v) is 8.00. The van der Waals surface area contributed by atoms with Gasteiger partial charge >= 0.3 is 0 Å². The van der Waals surface area contributed by atoms with Gasteiger partial charge in [0.15, 0.2) is 5.96 Å². The molecule has 1 unspecified atom stereocenters. The van der Waals surface area contributed by atoms with E-state index in [4.69, 9.17) is 0 Å². The fraction of sp³-hybridized carbons (Fsp3) is 0.364. The second kappa shape index (κ2) is 12.2. The third-order valence-electron chi connectivity index (χ3n) is 4.94. The molecule has 0 aliphatic carbocycles. The van der Waals surface area contributed by atoms with Gasteiger partial charge in [-0.3, -0.25) is 9.79 Å². The summed E-state index contributed by atoms with van der Waals surface area (Å²) in [7, 11) is 1.77. The number of likely N-dealkylation sites (tertiary alicyclic amines) is 1. The number of amides is 1. The molecule has 7 heteroatoms. The van der Waals surface area contributed by atoms with E-state index in [-0.39, 0.29) is 29.9 Å². The molecular formula is C22H28BrIN4O. The van der Waals surface area contributed by atoms with E-state index in [1.807, 2.05) is 35.2 Å². The topological polar surface area (TPSA) is 56.7 Å². The Bertz CT molecular complexity index is 815. The van der Waals surface area contributed by atoms with Crippen molar-refractivity contribution in [3.05, 3.63) is 70.2 Å². The fourth-order valence-electron chi connectivity index (χ4n) is 3.41. The molecule has 1 aliphatic rings. The number of benzene rings is 2. The normalized spacial score (nSPS) is 16.5. The Hall–Kier alpha value is -1.61. The number of halogens is 2. The standard InChI is InChI=1S/C22H27BrN4O.HI/c1-24-22(25-14-18-8-5-9-20(23)12-18)26-15-19-13-21(28)27(16-19)11-10-17-6-3-2-4-7-17;/h2-9,12,19H,10-11,13-16H2,1H3,(H2,24,25,26);1H. The average Bonchev–Trinajstić information content (AvgIpc) is 3.07. The quantitative estimate of drug-likeness (QED) is 0.302. The largest absolute Gasteiger partial charge is 0.356 e. The molecule has 1 aliphatic heterocycles. The molecule has 0 bridgehead atoms. The number of aliphatic imine (C=N–C) groups is 1. The first-order valence-corrected chi connectivity index (χ1v) is 10.4. The van der Waals surface area contributed by atoms with Crippen LogP contribution in [0.2, 0.25) is 0 Å². The zero-order chi connectivity index (χ0) is 19.8. The molecule has 1 heterocycles. The van der Waals surface area contributed by atoms with Gasteiger partial charge in [-0.25, -0.2) is 0 Å². The van der Waals surface area contributed by atoms with Crippen molar-refractivity contribution in [2.45, 2.75) is 19.4 Å². The predicted molar refractivity (Wildman–Crippen MR) is 133 cm³/mol. The summed E-state index contributed by atoms with van der Waals surface area (Å²) in [6.45, 7) is 3.04. The lowest BCUT2D eigenvalue weighted by Crippen LogP contribution is -2.40. The van der Waals surface area contributed by atoms with E-state index in [9.17, 15) is 4.79 Å². The Morgan fingerprint density at radius 1 is 1.14 bits per heavy atom. The van der Waals surface area contributed by atoms with Crippen molar-refractivity contribution in [3.8, 4) is 0 Å². The minimum Gasteiger partial charge on any atom is -0.356 e. The lowest BCUT2D eigenvalue weighted by atomic mass is 10.1. The highest BCUT2D eigenvalue weighted by Gasteiger charge is 2.29. The first-order valence-electron chi connectivity index (χ1n) is 9.64.